The minimum atomic E-state index is -0.0498. The van der Waals surface area contributed by atoms with Crippen molar-refractivity contribution in [2.75, 3.05) is 31.7 Å². The van der Waals surface area contributed by atoms with Gasteiger partial charge in [0.25, 0.3) is 5.91 Å². The zero-order chi connectivity index (χ0) is 13.0. The zero-order valence-electron chi connectivity index (χ0n) is 10.2. The average molecular weight is 245 g/mol. The van der Waals surface area contributed by atoms with Crippen LogP contribution >= 0.6 is 0 Å². The van der Waals surface area contributed by atoms with Crippen LogP contribution in [0.2, 0.25) is 0 Å². The highest BCUT2D eigenvalue weighted by Crippen LogP contribution is 2.20. The van der Waals surface area contributed by atoms with Gasteiger partial charge in [-0.1, -0.05) is 0 Å². The summed E-state index contributed by atoms with van der Waals surface area (Å²) >= 11 is 0. The summed E-state index contributed by atoms with van der Waals surface area (Å²) in [6.07, 6.45) is 0. The topological polar surface area (TPSA) is 65.4 Å². The highest BCUT2D eigenvalue weighted by atomic mass is 16.5. The van der Waals surface area contributed by atoms with Crippen LogP contribution in [0.3, 0.4) is 0 Å². The molecule has 5 nitrogen and oxygen atoms in total. The summed E-state index contributed by atoms with van der Waals surface area (Å²) in [6.45, 7) is 1.30. The Morgan fingerprint density at radius 2 is 2.22 bits per heavy atom. The number of hydrogen-bond acceptors (Lipinski definition) is 4. The first-order valence-electron chi connectivity index (χ1n) is 5.81. The van der Waals surface area contributed by atoms with Gasteiger partial charge in [-0.3, -0.25) is 4.79 Å². The molecule has 1 atom stereocenters. The van der Waals surface area contributed by atoms with E-state index in [0.717, 1.165) is 5.69 Å². The number of likely N-dealkylation sites (N-methyl/N-ethyl adjacent to an activating group) is 1. The lowest BCUT2D eigenvalue weighted by Crippen LogP contribution is -2.53. The Labute approximate surface area is 106 Å². The normalized spacial score (nSPS) is 19.7. The van der Waals surface area contributed by atoms with Gasteiger partial charge in [-0.25, -0.2) is 0 Å². The molecule has 1 amide bonds. The second-order valence-electron chi connectivity index (χ2n) is 4.15. The van der Waals surface area contributed by atoms with Crippen molar-refractivity contribution in [1.82, 2.24) is 5.32 Å². The Hall–Kier alpha value is -1.90. The Morgan fingerprint density at radius 1 is 1.50 bits per heavy atom. The molecule has 94 valence electrons. The first kappa shape index (κ1) is 12.6. The molecule has 0 aromatic heterocycles. The maximum Gasteiger partial charge on any atom is 0.253 e. The Bertz CT molecular complexity index is 462. The molecular formula is C13H15N3O2. The highest BCUT2D eigenvalue weighted by Gasteiger charge is 2.29. The third-order valence-electron chi connectivity index (χ3n) is 2.88. The summed E-state index contributed by atoms with van der Waals surface area (Å²) < 4.78 is 5.26. The van der Waals surface area contributed by atoms with Gasteiger partial charge in [-0.2, -0.15) is 5.26 Å². The Kier molecular flexibility index (Phi) is 3.92. The van der Waals surface area contributed by atoms with E-state index in [-0.39, 0.29) is 18.6 Å². The fourth-order valence-electron chi connectivity index (χ4n) is 2.07. The number of hydrogen-bond donors (Lipinski definition) is 1. The van der Waals surface area contributed by atoms with Crippen LogP contribution in [-0.2, 0) is 9.53 Å². The van der Waals surface area contributed by atoms with Crippen molar-refractivity contribution >= 4 is 11.6 Å². The number of ether oxygens (including phenoxy) is 1. The van der Waals surface area contributed by atoms with Gasteiger partial charge in [0.05, 0.1) is 24.3 Å². The largest absolute Gasteiger partial charge is 0.369 e. The lowest BCUT2D eigenvalue weighted by atomic mass is 10.1. The highest BCUT2D eigenvalue weighted by molar-refractivity contribution is 5.95. The van der Waals surface area contributed by atoms with Crippen LogP contribution in [-0.4, -0.2) is 38.8 Å². The van der Waals surface area contributed by atoms with E-state index in [4.69, 9.17) is 10.00 Å². The number of nitriles is 1. The fourth-order valence-corrected chi connectivity index (χ4v) is 2.07. The molecular weight excluding hydrogens is 230 g/mol. The molecule has 0 aliphatic carbocycles. The van der Waals surface area contributed by atoms with Crippen LogP contribution in [0, 0.1) is 11.3 Å². The van der Waals surface area contributed by atoms with E-state index in [2.05, 4.69) is 11.4 Å². The number of nitrogens with one attached hydrogen (secondary N) is 1. The second kappa shape index (κ2) is 5.63. The number of morpholine rings is 1. The molecule has 1 aliphatic heterocycles. The number of nitrogens with zero attached hydrogens (tertiary/aromatic N) is 2. The van der Waals surface area contributed by atoms with Gasteiger partial charge in [-0.05, 0) is 31.3 Å². The minimum Gasteiger partial charge on any atom is -0.369 e. The van der Waals surface area contributed by atoms with Gasteiger partial charge < -0.3 is 15.0 Å². The molecule has 1 unspecified atom stereocenters. The first-order chi connectivity index (χ1) is 8.76. The molecule has 1 aliphatic rings. The molecule has 0 spiro atoms. The second-order valence-corrected chi connectivity index (χ2v) is 4.15. The standard InChI is InChI=1S/C13H15N3O2/c1-15-7-12-8-18-9-13(17)16(12)11-4-2-10(6-14)3-5-11/h2-5,12,15H,7-9H2,1H3. The first-order valence-corrected chi connectivity index (χ1v) is 5.81. The molecule has 5 heteroatoms. The summed E-state index contributed by atoms with van der Waals surface area (Å²) in [5.41, 5.74) is 1.40. The monoisotopic (exact) mass is 245 g/mol. The lowest BCUT2D eigenvalue weighted by molar-refractivity contribution is -0.127. The van der Waals surface area contributed by atoms with Gasteiger partial charge in [0.1, 0.15) is 6.61 Å². The average Bonchev–Trinajstić information content (AvgIpc) is 2.40. The lowest BCUT2D eigenvalue weighted by Gasteiger charge is -2.35. The smallest absolute Gasteiger partial charge is 0.253 e. The van der Waals surface area contributed by atoms with Gasteiger partial charge in [0.2, 0.25) is 0 Å². The van der Waals surface area contributed by atoms with Gasteiger partial charge in [0, 0.05) is 12.2 Å². The van der Waals surface area contributed by atoms with Crippen LogP contribution < -0.4 is 10.2 Å². The van der Waals surface area contributed by atoms with Crippen molar-refractivity contribution in [2.45, 2.75) is 6.04 Å². The van der Waals surface area contributed by atoms with Crippen molar-refractivity contribution in [1.29, 1.82) is 5.26 Å². The van der Waals surface area contributed by atoms with Crippen LogP contribution in [0.15, 0.2) is 24.3 Å². The van der Waals surface area contributed by atoms with Gasteiger partial charge in [0.15, 0.2) is 0 Å². The number of benzene rings is 1. The number of anilines is 1. The Balaban J connectivity index is 2.25. The van der Waals surface area contributed by atoms with Crippen molar-refractivity contribution in [3.8, 4) is 6.07 Å². The summed E-state index contributed by atoms with van der Waals surface area (Å²) in [5, 5.41) is 11.8. The molecule has 1 aromatic rings. The van der Waals surface area contributed by atoms with Crippen LogP contribution in [0.5, 0.6) is 0 Å². The summed E-state index contributed by atoms with van der Waals surface area (Å²) in [4.78, 5) is 13.7. The third-order valence-corrected chi connectivity index (χ3v) is 2.88. The van der Waals surface area contributed by atoms with Crippen LogP contribution in [0.25, 0.3) is 0 Å². The molecule has 0 bridgehead atoms. The predicted octanol–water partition coefficient (Wildman–Crippen LogP) is 0.509. The Morgan fingerprint density at radius 3 is 2.83 bits per heavy atom. The van der Waals surface area contributed by atoms with Crippen LogP contribution in [0.1, 0.15) is 5.56 Å². The van der Waals surface area contributed by atoms with Crippen molar-refractivity contribution in [3.63, 3.8) is 0 Å². The van der Waals surface area contributed by atoms with E-state index in [1.165, 1.54) is 0 Å². The summed E-state index contributed by atoms with van der Waals surface area (Å²) in [5.74, 6) is -0.0498. The van der Waals surface area contributed by atoms with Crippen LogP contribution in [0.4, 0.5) is 5.69 Å². The molecule has 18 heavy (non-hydrogen) atoms. The molecule has 2 rings (SSSR count). The third kappa shape index (κ3) is 2.50. The number of carbonyl (C=O) groups is 1. The van der Waals surface area contributed by atoms with E-state index in [1.54, 1.807) is 29.2 Å². The van der Waals surface area contributed by atoms with E-state index in [9.17, 15) is 4.79 Å². The maximum atomic E-state index is 11.9. The van der Waals surface area contributed by atoms with E-state index in [0.29, 0.717) is 18.7 Å². The predicted molar refractivity (Wildman–Crippen MR) is 67.2 cm³/mol. The molecule has 1 aromatic carbocycles. The molecule has 1 saturated heterocycles. The van der Waals surface area contributed by atoms with Crippen molar-refractivity contribution in [3.05, 3.63) is 29.8 Å². The number of amides is 1. The minimum absolute atomic E-state index is 0.0100. The molecule has 1 heterocycles. The number of carbonyl (C=O) groups excluding carboxylic acids is 1. The molecule has 1 fully saturated rings. The van der Waals surface area contributed by atoms with Gasteiger partial charge in [-0.15, -0.1) is 0 Å². The number of rotatable bonds is 3. The summed E-state index contributed by atoms with van der Waals surface area (Å²) in [7, 11) is 1.84. The van der Waals surface area contributed by atoms with Gasteiger partial charge >= 0.3 is 0 Å². The molecule has 0 radical (unpaired) electrons. The summed E-state index contributed by atoms with van der Waals surface area (Å²) in [6, 6.07) is 9.08. The zero-order valence-corrected chi connectivity index (χ0v) is 10.2. The molecule has 1 N–H and O–H groups in total. The van der Waals surface area contributed by atoms with E-state index in [1.807, 2.05) is 7.05 Å². The molecule has 0 saturated carbocycles. The maximum absolute atomic E-state index is 11.9. The van der Waals surface area contributed by atoms with Crippen molar-refractivity contribution in [2.24, 2.45) is 0 Å². The van der Waals surface area contributed by atoms with E-state index < -0.39 is 0 Å². The quantitative estimate of drug-likeness (QED) is 0.842. The SMILES string of the molecule is CNCC1COCC(=O)N1c1ccc(C#N)cc1. The van der Waals surface area contributed by atoms with E-state index >= 15 is 0 Å². The van der Waals surface area contributed by atoms with Crippen molar-refractivity contribution < 1.29 is 9.53 Å². The fraction of sp³-hybridized carbons (Fsp3) is 0.385.